The third-order valence-electron chi connectivity index (χ3n) is 5.26. The number of piperazine rings is 1. The molecule has 5 rings (SSSR count). The Morgan fingerprint density at radius 1 is 0.935 bits per heavy atom. The molecule has 8 heteroatoms. The molecule has 1 saturated heterocycles. The van der Waals surface area contributed by atoms with E-state index in [2.05, 4.69) is 19.9 Å². The molecule has 0 saturated carbocycles. The van der Waals surface area contributed by atoms with Gasteiger partial charge in [0.05, 0.1) is 30.9 Å². The first kappa shape index (κ1) is 18.9. The molecule has 0 bridgehead atoms. The maximum atomic E-state index is 13.1. The molecule has 0 atom stereocenters. The molecule has 1 fully saturated rings. The third kappa shape index (κ3) is 3.63. The van der Waals surface area contributed by atoms with Crippen LogP contribution in [0.3, 0.4) is 0 Å². The van der Waals surface area contributed by atoms with Crippen LogP contribution in [0, 0.1) is 0 Å². The second-order valence-electron chi connectivity index (χ2n) is 7.14. The van der Waals surface area contributed by atoms with Gasteiger partial charge in [0.15, 0.2) is 5.82 Å². The number of methoxy groups -OCH3 is 1. The normalized spacial score (nSPS) is 14.2. The molecule has 0 N–H and O–H groups in total. The summed E-state index contributed by atoms with van der Waals surface area (Å²) in [6.07, 6.45) is 4.95. The van der Waals surface area contributed by atoms with Gasteiger partial charge in [-0.25, -0.2) is 9.97 Å². The molecule has 0 radical (unpaired) electrons. The van der Waals surface area contributed by atoms with E-state index in [1.807, 2.05) is 53.4 Å². The lowest BCUT2D eigenvalue weighted by Crippen LogP contribution is -2.51. The van der Waals surface area contributed by atoms with Crippen molar-refractivity contribution < 1.29 is 9.53 Å². The van der Waals surface area contributed by atoms with Crippen LogP contribution < -0.4 is 14.5 Å². The van der Waals surface area contributed by atoms with Gasteiger partial charge in [-0.15, -0.1) is 0 Å². The summed E-state index contributed by atoms with van der Waals surface area (Å²) in [5.41, 5.74) is 3.13. The molecule has 1 aliphatic rings. The van der Waals surface area contributed by atoms with Gasteiger partial charge in [0, 0.05) is 31.0 Å². The summed E-state index contributed by atoms with van der Waals surface area (Å²) in [5.74, 6) is 1.90. The SMILES string of the molecule is COc1cccc(-c2nccnc2N2CCN(c3cnc4ccccc4n3)CC2=O)c1. The van der Waals surface area contributed by atoms with E-state index in [1.54, 1.807) is 30.6 Å². The van der Waals surface area contributed by atoms with Crippen molar-refractivity contribution in [1.29, 1.82) is 0 Å². The minimum atomic E-state index is -0.0640. The van der Waals surface area contributed by atoms with Crippen LogP contribution in [0.15, 0.2) is 67.1 Å². The summed E-state index contributed by atoms with van der Waals surface area (Å²) in [6.45, 7) is 1.29. The number of nitrogens with zero attached hydrogens (tertiary/aromatic N) is 6. The maximum absolute atomic E-state index is 13.1. The summed E-state index contributed by atoms with van der Waals surface area (Å²) < 4.78 is 5.33. The third-order valence-corrected chi connectivity index (χ3v) is 5.26. The van der Waals surface area contributed by atoms with Crippen molar-refractivity contribution in [2.45, 2.75) is 0 Å². The summed E-state index contributed by atoms with van der Waals surface area (Å²) in [4.78, 5) is 34.8. The van der Waals surface area contributed by atoms with Crippen molar-refractivity contribution in [2.75, 3.05) is 36.5 Å². The van der Waals surface area contributed by atoms with E-state index >= 15 is 0 Å². The van der Waals surface area contributed by atoms with Gasteiger partial charge in [-0.1, -0.05) is 24.3 Å². The fourth-order valence-corrected chi connectivity index (χ4v) is 3.69. The van der Waals surface area contributed by atoms with E-state index in [-0.39, 0.29) is 12.5 Å². The fraction of sp³-hybridized carbons (Fsp3) is 0.174. The Hall–Kier alpha value is -4.07. The highest BCUT2D eigenvalue weighted by Gasteiger charge is 2.29. The largest absolute Gasteiger partial charge is 0.497 e. The Labute approximate surface area is 179 Å². The van der Waals surface area contributed by atoms with Crippen LogP contribution in [0.25, 0.3) is 22.3 Å². The first-order chi connectivity index (χ1) is 15.2. The summed E-state index contributed by atoms with van der Waals surface area (Å²) in [7, 11) is 1.62. The minimum absolute atomic E-state index is 0.0640. The number of rotatable bonds is 4. The van der Waals surface area contributed by atoms with Crippen molar-refractivity contribution in [3.8, 4) is 17.0 Å². The predicted molar refractivity (Wildman–Crippen MR) is 118 cm³/mol. The first-order valence-electron chi connectivity index (χ1n) is 9.95. The van der Waals surface area contributed by atoms with Crippen LogP contribution in [-0.4, -0.2) is 52.6 Å². The second kappa shape index (κ2) is 7.98. The van der Waals surface area contributed by atoms with Gasteiger partial charge in [-0.3, -0.25) is 19.7 Å². The predicted octanol–water partition coefficient (Wildman–Crippen LogP) is 2.95. The lowest BCUT2D eigenvalue weighted by molar-refractivity contribution is -0.118. The quantitative estimate of drug-likeness (QED) is 0.509. The number of fused-ring (bicyclic) bond motifs is 1. The van der Waals surface area contributed by atoms with Gasteiger partial charge in [0.2, 0.25) is 5.91 Å². The lowest BCUT2D eigenvalue weighted by atomic mass is 10.1. The van der Waals surface area contributed by atoms with Crippen molar-refractivity contribution in [2.24, 2.45) is 0 Å². The van der Waals surface area contributed by atoms with Crippen LogP contribution >= 0.6 is 0 Å². The molecule has 2 aromatic heterocycles. The van der Waals surface area contributed by atoms with Crippen LogP contribution in [0.4, 0.5) is 11.6 Å². The Morgan fingerprint density at radius 3 is 2.61 bits per heavy atom. The number of carbonyl (C=O) groups is 1. The van der Waals surface area contributed by atoms with Crippen LogP contribution in [0.1, 0.15) is 0 Å². The van der Waals surface area contributed by atoms with Crippen LogP contribution in [-0.2, 0) is 4.79 Å². The Bertz CT molecular complexity index is 1260. The number of hydrogen-bond donors (Lipinski definition) is 0. The molecule has 1 aliphatic heterocycles. The van der Waals surface area contributed by atoms with E-state index in [0.29, 0.717) is 30.4 Å². The fourth-order valence-electron chi connectivity index (χ4n) is 3.69. The number of anilines is 2. The second-order valence-corrected chi connectivity index (χ2v) is 7.14. The van der Waals surface area contributed by atoms with Crippen molar-refractivity contribution in [1.82, 2.24) is 19.9 Å². The monoisotopic (exact) mass is 412 g/mol. The highest BCUT2D eigenvalue weighted by molar-refractivity contribution is 5.99. The number of hydrogen-bond acceptors (Lipinski definition) is 7. The number of para-hydroxylation sites is 2. The zero-order valence-electron chi connectivity index (χ0n) is 17.0. The van der Waals surface area contributed by atoms with E-state index in [9.17, 15) is 4.79 Å². The molecule has 31 heavy (non-hydrogen) atoms. The minimum Gasteiger partial charge on any atom is -0.497 e. The number of amides is 1. The van der Waals surface area contributed by atoms with Gasteiger partial charge in [-0.2, -0.15) is 0 Å². The molecule has 4 aromatic rings. The number of aromatic nitrogens is 4. The van der Waals surface area contributed by atoms with Gasteiger partial charge in [0.25, 0.3) is 0 Å². The summed E-state index contributed by atoms with van der Waals surface area (Å²) in [6, 6.07) is 15.3. The average Bonchev–Trinajstić information content (AvgIpc) is 2.84. The van der Waals surface area contributed by atoms with Crippen molar-refractivity contribution in [3.63, 3.8) is 0 Å². The summed E-state index contributed by atoms with van der Waals surface area (Å²) in [5, 5.41) is 0. The highest BCUT2D eigenvalue weighted by atomic mass is 16.5. The topological polar surface area (TPSA) is 84.3 Å². The van der Waals surface area contributed by atoms with Crippen LogP contribution in [0.5, 0.6) is 5.75 Å². The van der Waals surface area contributed by atoms with Gasteiger partial charge in [0.1, 0.15) is 17.3 Å². The molecule has 3 heterocycles. The smallest absolute Gasteiger partial charge is 0.247 e. The molecule has 0 spiro atoms. The highest BCUT2D eigenvalue weighted by Crippen LogP contribution is 2.30. The molecule has 0 aliphatic carbocycles. The standard InChI is InChI=1S/C23H20N6O2/c1-31-17-6-4-5-16(13-17)22-23(25-10-9-24-22)29-12-11-28(15-21(29)30)20-14-26-18-7-2-3-8-19(18)27-20/h2-10,13-14H,11-12,15H2,1H3. The average molecular weight is 412 g/mol. The zero-order chi connectivity index (χ0) is 21.2. The van der Waals surface area contributed by atoms with E-state index < -0.39 is 0 Å². The Kier molecular flexibility index (Phi) is 4.87. The number of ether oxygens (including phenoxy) is 1. The van der Waals surface area contributed by atoms with E-state index in [1.165, 1.54) is 0 Å². The molecule has 154 valence electrons. The first-order valence-corrected chi connectivity index (χ1v) is 9.95. The molecule has 8 nitrogen and oxygen atoms in total. The summed E-state index contributed by atoms with van der Waals surface area (Å²) >= 11 is 0. The van der Waals surface area contributed by atoms with E-state index in [4.69, 9.17) is 4.74 Å². The van der Waals surface area contributed by atoms with E-state index in [0.717, 1.165) is 22.3 Å². The zero-order valence-corrected chi connectivity index (χ0v) is 17.0. The van der Waals surface area contributed by atoms with Gasteiger partial charge in [-0.05, 0) is 24.3 Å². The van der Waals surface area contributed by atoms with Crippen LogP contribution in [0.2, 0.25) is 0 Å². The molecular formula is C23H20N6O2. The molecule has 2 aromatic carbocycles. The molecular weight excluding hydrogens is 392 g/mol. The Morgan fingerprint density at radius 2 is 1.77 bits per heavy atom. The number of benzene rings is 2. The molecule has 1 amide bonds. The van der Waals surface area contributed by atoms with Crippen molar-refractivity contribution >= 4 is 28.6 Å². The van der Waals surface area contributed by atoms with Gasteiger partial charge < -0.3 is 9.64 Å². The molecule has 0 unspecified atom stereocenters. The Balaban J connectivity index is 1.42. The lowest BCUT2D eigenvalue weighted by Gasteiger charge is -2.34. The van der Waals surface area contributed by atoms with Crippen molar-refractivity contribution in [3.05, 3.63) is 67.1 Å². The maximum Gasteiger partial charge on any atom is 0.247 e. The van der Waals surface area contributed by atoms with Gasteiger partial charge >= 0.3 is 0 Å². The number of carbonyl (C=O) groups excluding carboxylic acids is 1.